The number of morpholine rings is 1. The summed E-state index contributed by atoms with van der Waals surface area (Å²) in [5.74, 6) is 2.90. The Morgan fingerprint density at radius 1 is 1.08 bits per heavy atom. The number of hydrogen-bond donors (Lipinski definition) is 1. The van der Waals surface area contributed by atoms with Gasteiger partial charge in [0.05, 0.1) is 13.2 Å². The van der Waals surface area contributed by atoms with Crippen LogP contribution in [0, 0.1) is 0 Å². The van der Waals surface area contributed by atoms with Crippen LogP contribution in [0.15, 0.2) is 24.8 Å². The summed E-state index contributed by atoms with van der Waals surface area (Å²) >= 11 is 0. The molecule has 128 valence electrons. The molecule has 24 heavy (non-hydrogen) atoms. The maximum Gasteiger partial charge on any atom is 0.202 e. The highest BCUT2D eigenvalue weighted by atomic mass is 16.5. The van der Waals surface area contributed by atoms with Crippen LogP contribution < -0.4 is 15.1 Å². The number of ether oxygens (including phenoxy) is 1. The molecule has 0 saturated carbocycles. The van der Waals surface area contributed by atoms with Gasteiger partial charge in [-0.25, -0.2) is 15.0 Å². The fourth-order valence-corrected chi connectivity index (χ4v) is 3.25. The number of hydrogen-bond acceptors (Lipinski definition) is 7. The molecule has 0 bridgehead atoms. The fourth-order valence-electron chi connectivity index (χ4n) is 3.25. The molecule has 8 nitrogen and oxygen atoms in total. The average Bonchev–Trinajstić information content (AvgIpc) is 3.26. The number of anilines is 3. The van der Waals surface area contributed by atoms with Gasteiger partial charge in [0.25, 0.3) is 0 Å². The molecule has 2 aliphatic heterocycles. The summed E-state index contributed by atoms with van der Waals surface area (Å²) in [5.41, 5.74) is 0. The van der Waals surface area contributed by atoms with Gasteiger partial charge in [-0.15, -0.1) is 0 Å². The molecular weight excluding hydrogens is 306 g/mol. The van der Waals surface area contributed by atoms with Crippen molar-refractivity contribution in [2.45, 2.75) is 12.5 Å². The molecule has 0 amide bonds. The van der Waals surface area contributed by atoms with Crippen molar-refractivity contribution < 1.29 is 4.74 Å². The second-order valence-electron chi connectivity index (χ2n) is 6.27. The standard InChI is InChI=1S/C16H23N7O/c1-21-5-3-17-16(21)20-13-2-4-23(11-13)15-10-14(18-12-19-15)22-6-8-24-9-7-22/h3,5,10,12-13H,2,4,6-9,11H2,1H3,(H,17,20). The van der Waals surface area contributed by atoms with Gasteiger partial charge in [0.15, 0.2) is 0 Å². The molecule has 2 saturated heterocycles. The summed E-state index contributed by atoms with van der Waals surface area (Å²) in [6.07, 6.45) is 6.51. The van der Waals surface area contributed by atoms with Gasteiger partial charge >= 0.3 is 0 Å². The van der Waals surface area contributed by atoms with Crippen molar-refractivity contribution in [2.24, 2.45) is 7.05 Å². The zero-order valence-electron chi connectivity index (χ0n) is 13.9. The van der Waals surface area contributed by atoms with Gasteiger partial charge in [-0.1, -0.05) is 0 Å². The van der Waals surface area contributed by atoms with Crippen LogP contribution in [0.4, 0.5) is 17.6 Å². The molecule has 0 spiro atoms. The fraction of sp³-hybridized carbons (Fsp3) is 0.562. The molecule has 1 N–H and O–H groups in total. The molecule has 2 aromatic rings. The zero-order chi connectivity index (χ0) is 16.4. The number of nitrogens with zero attached hydrogens (tertiary/aromatic N) is 6. The van der Waals surface area contributed by atoms with Crippen LogP contribution in [0.3, 0.4) is 0 Å². The van der Waals surface area contributed by atoms with Gasteiger partial charge in [-0.05, 0) is 6.42 Å². The van der Waals surface area contributed by atoms with Crippen LogP contribution in [0.2, 0.25) is 0 Å². The largest absolute Gasteiger partial charge is 0.378 e. The van der Waals surface area contributed by atoms with Crippen LogP contribution in [-0.4, -0.2) is 65.0 Å². The minimum Gasteiger partial charge on any atom is -0.378 e. The Bertz CT molecular complexity index is 683. The monoisotopic (exact) mass is 329 g/mol. The van der Waals surface area contributed by atoms with Crippen molar-refractivity contribution in [3.8, 4) is 0 Å². The predicted molar refractivity (Wildman–Crippen MR) is 92.5 cm³/mol. The van der Waals surface area contributed by atoms with Crippen molar-refractivity contribution in [1.82, 2.24) is 19.5 Å². The predicted octanol–water partition coefficient (Wildman–Crippen LogP) is 0.737. The van der Waals surface area contributed by atoms with E-state index in [1.54, 1.807) is 6.33 Å². The van der Waals surface area contributed by atoms with Crippen LogP contribution in [0.1, 0.15) is 6.42 Å². The van der Waals surface area contributed by atoms with E-state index < -0.39 is 0 Å². The highest BCUT2D eigenvalue weighted by Gasteiger charge is 2.25. The molecule has 0 aliphatic carbocycles. The first kappa shape index (κ1) is 15.2. The number of imidazole rings is 1. The summed E-state index contributed by atoms with van der Waals surface area (Å²) in [5, 5.41) is 3.51. The van der Waals surface area contributed by atoms with Gasteiger partial charge in [0.2, 0.25) is 5.95 Å². The molecule has 1 atom stereocenters. The quantitative estimate of drug-likeness (QED) is 0.887. The Morgan fingerprint density at radius 2 is 1.88 bits per heavy atom. The molecule has 1 unspecified atom stereocenters. The van der Waals surface area contributed by atoms with Gasteiger partial charge in [0.1, 0.15) is 18.0 Å². The van der Waals surface area contributed by atoms with Crippen LogP contribution >= 0.6 is 0 Å². The number of aromatic nitrogens is 4. The Kier molecular flexibility index (Phi) is 4.20. The lowest BCUT2D eigenvalue weighted by Crippen LogP contribution is -2.37. The van der Waals surface area contributed by atoms with E-state index in [1.807, 2.05) is 24.0 Å². The van der Waals surface area contributed by atoms with Gasteiger partial charge < -0.3 is 24.4 Å². The summed E-state index contributed by atoms with van der Waals surface area (Å²) < 4.78 is 7.42. The molecule has 4 rings (SSSR count). The Hall–Kier alpha value is -2.35. The van der Waals surface area contributed by atoms with E-state index in [1.165, 1.54) is 0 Å². The van der Waals surface area contributed by atoms with E-state index in [4.69, 9.17) is 4.74 Å². The van der Waals surface area contributed by atoms with E-state index >= 15 is 0 Å². The lowest BCUT2D eigenvalue weighted by atomic mass is 10.3. The van der Waals surface area contributed by atoms with Crippen LogP contribution in [0.5, 0.6) is 0 Å². The van der Waals surface area contributed by atoms with Crippen LogP contribution in [-0.2, 0) is 11.8 Å². The minimum atomic E-state index is 0.382. The number of nitrogens with one attached hydrogen (secondary N) is 1. The molecule has 0 aromatic carbocycles. The molecule has 2 aliphatic rings. The van der Waals surface area contributed by atoms with Gasteiger partial charge in [0, 0.05) is 57.7 Å². The summed E-state index contributed by atoms with van der Waals surface area (Å²) in [7, 11) is 2.00. The van der Waals surface area contributed by atoms with Gasteiger partial charge in [-0.3, -0.25) is 0 Å². The third kappa shape index (κ3) is 3.14. The maximum atomic E-state index is 5.41. The SMILES string of the molecule is Cn1ccnc1NC1CCN(c2cc(N3CCOCC3)ncn2)C1. The lowest BCUT2D eigenvalue weighted by Gasteiger charge is -2.28. The molecular formula is C16H23N7O. The van der Waals surface area contributed by atoms with E-state index in [-0.39, 0.29) is 0 Å². The molecule has 2 aromatic heterocycles. The highest BCUT2D eigenvalue weighted by molar-refractivity contribution is 5.51. The second kappa shape index (κ2) is 6.64. The summed E-state index contributed by atoms with van der Waals surface area (Å²) in [4.78, 5) is 17.8. The Morgan fingerprint density at radius 3 is 2.62 bits per heavy atom. The van der Waals surface area contributed by atoms with Crippen molar-refractivity contribution in [3.05, 3.63) is 24.8 Å². The van der Waals surface area contributed by atoms with Crippen LogP contribution in [0.25, 0.3) is 0 Å². The third-order valence-electron chi connectivity index (χ3n) is 4.64. The van der Waals surface area contributed by atoms with E-state index in [9.17, 15) is 0 Å². The van der Waals surface area contributed by atoms with Crippen molar-refractivity contribution in [1.29, 1.82) is 0 Å². The average molecular weight is 329 g/mol. The smallest absolute Gasteiger partial charge is 0.202 e. The Labute approximate surface area is 141 Å². The van der Waals surface area contributed by atoms with Gasteiger partial charge in [-0.2, -0.15) is 0 Å². The molecule has 2 fully saturated rings. The van der Waals surface area contributed by atoms with E-state index in [0.717, 1.165) is 63.4 Å². The topological polar surface area (TPSA) is 71.3 Å². The third-order valence-corrected chi connectivity index (χ3v) is 4.64. The van der Waals surface area contributed by atoms with Crippen molar-refractivity contribution in [2.75, 3.05) is 54.5 Å². The first-order valence-electron chi connectivity index (χ1n) is 8.43. The maximum absolute atomic E-state index is 5.41. The first-order chi connectivity index (χ1) is 11.8. The van der Waals surface area contributed by atoms with Crippen molar-refractivity contribution in [3.63, 3.8) is 0 Å². The zero-order valence-corrected chi connectivity index (χ0v) is 13.9. The lowest BCUT2D eigenvalue weighted by molar-refractivity contribution is 0.122. The van der Waals surface area contributed by atoms with Crippen molar-refractivity contribution >= 4 is 17.6 Å². The highest BCUT2D eigenvalue weighted by Crippen LogP contribution is 2.23. The molecule has 4 heterocycles. The normalized spacial score (nSPS) is 21.3. The minimum absolute atomic E-state index is 0.382. The number of aryl methyl sites for hydroxylation is 1. The first-order valence-corrected chi connectivity index (χ1v) is 8.43. The number of rotatable bonds is 4. The second-order valence-corrected chi connectivity index (χ2v) is 6.27. The molecule has 0 radical (unpaired) electrons. The van der Waals surface area contributed by atoms with E-state index in [2.05, 4.69) is 36.1 Å². The molecule has 8 heteroatoms. The summed E-state index contributed by atoms with van der Waals surface area (Å²) in [6, 6.07) is 2.47. The Balaban J connectivity index is 1.42. The summed E-state index contributed by atoms with van der Waals surface area (Å²) in [6.45, 7) is 5.21. The van der Waals surface area contributed by atoms with E-state index in [0.29, 0.717) is 6.04 Å².